The number of aliphatic carboxylic acids is 1. The third-order valence-electron chi connectivity index (χ3n) is 2.26. The van der Waals surface area contributed by atoms with Gasteiger partial charge in [0.2, 0.25) is 0 Å². The topological polar surface area (TPSA) is 40.5 Å². The Morgan fingerprint density at radius 3 is 2.47 bits per heavy atom. The lowest BCUT2D eigenvalue weighted by atomic mass is 10.2. The van der Waals surface area contributed by atoms with Gasteiger partial charge in [-0.3, -0.25) is 0 Å². The number of anilines is 1. The maximum absolute atomic E-state index is 10.4. The summed E-state index contributed by atoms with van der Waals surface area (Å²) in [5.74, 6) is -0.937. The molecule has 1 N–H and O–H groups in total. The van der Waals surface area contributed by atoms with E-state index in [1.807, 2.05) is 38.2 Å². The first-order chi connectivity index (χ1) is 7.99. The van der Waals surface area contributed by atoms with Gasteiger partial charge in [-0.25, -0.2) is 4.79 Å². The summed E-state index contributed by atoms with van der Waals surface area (Å²) in [5, 5.41) is 8.51. The van der Waals surface area contributed by atoms with Crippen molar-refractivity contribution < 1.29 is 9.90 Å². The number of carboxylic acids is 1. The van der Waals surface area contributed by atoms with Crippen LogP contribution in [0.4, 0.5) is 5.69 Å². The second kappa shape index (κ2) is 5.89. The maximum Gasteiger partial charge on any atom is 0.328 e. The Labute approximate surface area is 102 Å². The van der Waals surface area contributed by atoms with Crippen molar-refractivity contribution in [2.24, 2.45) is 0 Å². The Hall–Kier alpha value is -2.03. The molecular weight excluding hydrogens is 214 g/mol. The number of carboxylic acid groups (broad SMARTS) is 1. The number of benzene rings is 1. The lowest BCUT2D eigenvalue weighted by Crippen LogP contribution is -2.18. The van der Waals surface area contributed by atoms with E-state index in [1.54, 1.807) is 6.08 Å². The summed E-state index contributed by atoms with van der Waals surface area (Å²) in [4.78, 5) is 12.5. The second-order valence-corrected chi connectivity index (χ2v) is 4.08. The molecule has 3 heteroatoms. The van der Waals surface area contributed by atoms with E-state index >= 15 is 0 Å². The molecule has 0 saturated heterocycles. The quantitative estimate of drug-likeness (QED) is 0.625. The van der Waals surface area contributed by atoms with Gasteiger partial charge in [-0.2, -0.15) is 0 Å². The van der Waals surface area contributed by atoms with Crippen LogP contribution in [0.25, 0.3) is 6.08 Å². The van der Waals surface area contributed by atoms with E-state index in [1.165, 1.54) is 0 Å². The van der Waals surface area contributed by atoms with E-state index in [0.717, 1.165) is 29.4 Å². The summed E-state index contributed by atoms with van der Waals surface area (Å²) in [5.41, 5.74) is 3.06. The normalized spacial score (nSPS) is 10.5. The summed E-state index contributed by atoms with van der Waals surface area (Å²) in [6.07, 6.45) is 2.71. The van der Waals surface area contributed by atoms with Gasteiger partial charge in [-0.1, -0.05) is 24.3 Å². The highest BCUT2D eigenvalue weighted by Crippen LogP contribution is 2.15. The number of rotatable bonds is 5. The Morgan fingerprint density at radius 1 is 1.41 bits per heavy atom. The van der Waals surface area contributed by atoms with E-state index in [4.69, 9.17) is 5.11 Å². The molecule has 1 aromatic carbocycles. The molecule has 0 atom stereocenters. The minimum absolute atomic E-state index is 0.810. The molecule has 0 bridgehead atoms. The fourth-order valence-corrected chi connectivity index (χ4v) is 1.50. The van der Waals surface area contributed by atoms with E-state index in [9.17, 15) is 4.79 Å². The van der Waals surface area contributed by atoms with Crippen molar-refractivity contribution in [2.75, 3.05) is 18.5 Å². The minimum atomic E-state index is -0.937. The number of likely N-dealkylation sites (N-methyl/N-ethyl adjacent to an activating group) is 1. The van der Waals surface area contributed by atoms with Crippen LogP contribution in [0, 0.1) is 0 Å². The van der Waals surface area contributed by atoms with Crippen molar-refractivity contribution >= 4 is 17.7 Å². The number of hydrogen-bond acceptors (Lipinski definition) is 2. The van der Waals surface area contributed by atoms with Crippen molar-refractivity contribution in [1.82, 2.24) is 0 Å². The average Bonchev–Trinajstić information content (AvgIpc) is 2.26. The zero-order valence-electron chi connectivity index (χ0n) is 10.2. The molecule has 0 aliphatic carbocycles. The maximum atomic E-state index is 10.4. The van der Waals surface area contributed by atoms with Gasteiger partial charge < -0.3 is 10.0 Å². The van der Waals surface area contributed by atoms with Crippen LogP contribution in [0.1, 0.15) is 12.5 Å². The summed E-state index contributed by atoms with van der Waals surface area (Å²) in [6.45, 7) is 6.67. The molecule has 0 aliphatic rings. The summed E-state index contributed by atoms with van der Waals surface area (Å²) < 4.78 is 0. The summed E-state index contributed by atoms with van der Waals surface area (Å²) in [6, 6.07) is 7.71. The Morgan fingerprint density at radius 2 is 2.00 bits per heavy atom. The molecule has 3 nitrogen and oxygen atoms in total. The molecule has 0 aliphatic heterocycles. The largest absolute Gasteiger partial charge is 0.478 e. The van der Waals surface area contributed by atoms with Crippen LogP contribution in [0.5, 0.6) is 0 Å². The smallest absolute Gasteiger partial charge is 0.328 e. The fraction of sp³-hybridized carbons (Fsp3) is 0.214. The van der Waals surface area contributed by atoms with Gasteiger partial charge in [0.05, 0.1) is 0 Å². The van der Waals surface area contributed by atoms with Gasteiger partial charge in [0.15, 0.2) is 0 Å². The summed E-state index contributed by atoms with van der Waals surface area (Å²) in [7, 11) is 2.00. The van der Waals surface area contributed by atoms with E-state index in [2.05, 4.69) is 11.5 Å². The van der Waals surface area contributed by atoms with Gasteiger partial charge in [-0.05, 0) is 30.7 Å². The van der Waals surface area contributed by atoms with E-state index < -0.39 is 5.97 Å². The Bertz CT molecular complexity index is 432. The molecular formula is C14H17NO2. The zero-order valence-corrected chi connectivity index (χ0v) is 10.2. The van der Waals surface area contributed by atoms with Crippen LogP contribution in [-0.4, -0.2) is 24.7 Å². The third-order valence-corrected chi connectivity index (χ3v) is 2.26. The molecule has 0 saturated carbocycles. The first-order valence-corrected chi connectivity index (χ1v) is 5.35. The first-order valence-electron chi connectivity index (χ1n) is 5.35. The van der Waals surface area contributed by atoms with Crippen LogP contribution in [0.15, 0.2) is 42.5 Å². The molecule has 1 aromatic rings. The van der Waals surface area contributed by atoms with Crippen molar-refractivity contribution in [3.05, 3.63) is 48.1 Å². The fourth-order valence-electron chi connectivity index (χ4n) is 1.50. The molecule has 0 spiro atoms. The highest BCUT2D eigenvalue weighted by molar-refractivity contribution is 5.85. The molecule has 90 valence electrons. The van der Waals surface area contributed by atoms with Crippen molar-refractivity contribution in [2.45, 2.75) is 6.92 Å². The second-order valence-electron chi connectivity index (χ2n) is 4.08. The standard InChI is InChI=1S/C14H17NO2/c1-11(2)10-15(3)13-7-4-12(5-8-13)6-9-14(16)17/h4-9H,1,10H2,2-3H3,(H,16,17)/b9-6+. The van der Waals surface area contributed by atoms with Gasteiger partial charge in [-0.15, -0.1) is 0 Å². The summed E-state index contributed by atoms with van der Waals surface area (Å²) >= 11 is 0. The predicted molar refractivity (Wildman–Crippen MR) is 71.2 cm³/mol. The highest BCUT2D eigenvalue weighted by Gasteiger charge is 2.00. The van der Waals surface area contributed by atoms with Crippen LogP contribution in [-0.2, 0) is 4.79 Å². The average molecular weight is 231 g/mol. The van der Waals surface area contributed by atoms with Crippen LogP contribution in [0.3, 0.4) is 0 Å². The first kappa shape index (κ1) is 13.0. The van der Waals surface area contributed by atoms with Crippen LogP contribution < -0.4 is 4.90 Å². The van der Waals surface area contributed by atoms with Gasteiger partial charge in [0.1, 0.15) is 0 Å². The van der Waals surface area contributed by atoms with Crippen LogP contribution in [0.2, 0.25) is 0 Å². The molecule has 0 aromatic heterocycles. The third kappa shape index (κ3) is 4.55. The molecule has 0 fully saturated rings. The van der Waals surface area contributed by atoms with Crippen molar-refractivity contribution in [3.8, 4) is 0 Å². The minimum Gasteiger partial charge on any atom is -0.478 e. The van der Waals surface area contributed by atoms with Crippen molar-refractivity contribution in [3.63, 3.8) is 0 Å². The lowest BCUT2D eigenvalue weighted by molar-refractivity contribution is -0.131. The Balaban J connectivity index is 2.74. The monoisotopic (exact) mass is 231 g/mol. The Kier molecular flexibility index (Phi) is 4.52. The number of hydrogen-bond donors (Lipinski definition) is 1. The molecule has 0 radical (unpaired) electrons. The van der Waals surface area contributed by atoms with E-state index in [-0.39, 0.29) is 0 Å². The SMILES string of the molecule is C=C(C)CN(C)c1ccc(/C=C/C(=O)O)cc1. The molecule has 0 heterocycles. The van der Waals surface area contributed by atoms with Gasteiger partial charge >= 0.3 is 5.97 Å². The number of nitrogens with zero attached hydrogens (tertiary/aromatic N) is 1. The predicted octanol–water partition coefficient (Wildman–Crippen LogP) is 2.80. The van der Waals surface area contributed by atoms with Crippen LogP contribution >= 0.6 is 0 Å². The van der Waals surface area contributed by atoms with Gasteiger partial charge in [0, 0.05) is 25.4 Å². The molecule has 1 rings (SSSR count). The number of carbonyl (C=O) groups is 1. The van der Waals surface area contributed by atoms with E-state index in [0.29, 0.717) is 0 Å². The van der Waals surface area contributed by atoms with Crippen molar-refractivity contribution in [1.29, 1.82) is 0 Å². The molecule has 17 heavy (non-hydrogen) atoms. The lowest BCUT2D eigenvalue weighted by Gasteiger charge is -2.19. The zero-order chi connectivity index (χ0) is 12.8. The molecule has 0 amide bonds. The highest BCUT2D eigenvalue weighted by atomic mass is 16.4. The van der Waals surface area contributed by atoms with Gasteiger partial charge in [0.25, 0.3) is 0 Å². The molecule has 0 unspecified atom stereocenters.